The lowest BCUT2D eigenvalue weighted by molar-refractivity contribution is -0.150. The minimum atomic E-state index is -0.600. The summed E-state index contributed by atoms with van der Waals surface area (Å²) in [6.45, 7) is 8.29. The number of esters is 1. The van der Waals surface area contributed by atoms with Gasteiger partial charge in [0.15, 0.2) is 24.7 Å². The van der Waals surface area contributed by atoms with Crippen LogP contribution in [0.4, 0.5) is 0 Å². The van der Waals surface area contributed by atoms with Gasteiger partial charge in [0, 0.05) is 0 Å². The fourth-order valence-electron chi connectivity index (χ4n) is 3.31. The van der Waals surface area contributed by atoms with Crippen molar-refractivity contribution in [2.45, 2.75) is 33.7 Å². The van der Waals surface area contributed by atoms with Crippen molar-refractivity contribution in [2.24, 2.45) is 5.92 Å². The van der Waals surface area contributed by atoms with Gasteiger partial charge in [-0.3, -0.25) is 4.79 Å². The second-order valence-electron chi connectivity index (χ2n) is 7.84. The number of fused-ring (bicyclic) bond motifs is 1. The lowest BCUT2D eigenvalue weighted by Gasteiger charge is -2.25. The van der Waals surface area contributed by atoms with Crippen LogP contribution in [0.1, 0.15) is 36.6 Å². The van der Waals surface area contributed by atoms with E-state index in [1.807, 2.05) is 58.0 Å². The summed E-state index contributed by atoms with van der Waals surface area (Å²) in [5.74, 6) is 1.13. The molecule has 0 saturated heterocycles. The first-order valence-corrected chi connectivity index (χ1v) is 10.4. The number of hydrogen-bond donors (Lipinski definition) is 1. The lowest BCUT2D eigenvalue weighted by atomic mass is 9.95. The van der Waals surface area contributed by atoms with Crippen molar-refractivity contribution in [1.82, 2.24) is 5.32 Å². The third kappa shape index (κ3) is 5.90. The zero-order chi connectivity index (χ0) is 22.4. The van der Waals surface area contributed by atoms with Crippen molar-refractivity contribution in [3.63, 3.8) is 0 Å². The number of rotatable bonds is 8. The highest BCUT2D eigenvalue weighted by molar-refractivity contribution is 5.81. The zero-order valence-electron chi connectivity index (χ0n) is 18.4. The highest BCUT2D eigenvalue weighted by Gasteiger charge is 2.22. The van der Waals surface area contributed by atoms with Crippen molar-refractivity contribution in [1.29, 1.82) is 0 Å². The molecule has 2 aromatic carbocycles. The predicted octanol–water partition coefficient (Wildman–Crippen LogP) is 3.51. The van der Waals surface area contributed by atoms with Gasteiger partial charge < -0.3 is 24.3 Å². The van der Waals surface area contributed by atoms with E-state index in [2.05, 4.69) is 5.32 Å². The second-order valence-corrected chi connectivity index (χ2v) is 7.84. The molecular weight excluding hydrogens is 398 g/mol. The van der Waals surface area contributed by atoms with Crippen molar-refractivity contribution in [3.05, 3.63) is 53.1 Å². The van der Waals surface area contributed by atoms with Crippen molar-refractivity contribution >= 4 is 11.9 Å². The summed E-state index contributed by atoms with van der Waals surface area (Å²) in [5.41, 5.74) is 2.94. The van der Waals surface area contributed by atoms with Crippen LogP contribution in [0.25, 0.3) is 0 Å². The maximum atomic E-state index is 12.4. The molecule has 7 heteroatoms. The summed E-state index contributed by atoms with van der Waals surface area (Å²) < 4.78 is 21.8. The Morgan fingerprint density at radius 3 is 2.52 bits per heavy atom. The van der Waals surface area contributed by atoms with Gasteiger partial charge in [0.25, 0.3) is 5.91 Å². The molecule has 1 heterocycles. The summed E-state index contributed by atoms with van der Waals surface area (Å²) in [4.78, 5) is 24.4. The number of ether oxygens (including phenoxy) is 4. The molecule has 0 bridgehead atoms. The Hall–Kier alpha value is -3.22. The highest BCUT2D eigenvalue weighted by Crippen LogP contribution is 2.34. The molecule has 1 aliphatic heterocycles. The normalized spacial score (nSPS) is 13.5. The molecule has 0 aromatic heterocycles. The molecule has 1 amide bonds. The Labute approximate surface area is 182 Å². The SMILES string of the molecule is Cc1cccc(OCC(=O)OCC(=O)N[C@@H](c2ccc3c(c2)OCCO3)C(C)C)c1C. The molecule has 0 saturated carbocycles. The van der Waals surface area contributed by atoms with Crippen LogP contribution in [-0.2, 0) is 14.3 Å². The van der Waals surface area contributed by atoms with Crippen LogP contribution >= 0.6 is 0 Å². The molecule has 7 nitrogen and oxygen atoms in total. The van der Waals surface area contributed by atoms with Crippen LogP contribution < -0.4 is 19.5 Å². The van der Waals surface area contributed by atoms with Crippen LogP contribution in [0.15, 0.2) is 36.4 Å². The molecule has 0 aliphatic carbocycles. The van der Waals surface area contributed by atoms with E-state index in [0.29, 0.717) is 30.5 Å². The summed E-state index contributed by atoms with van der Waals surface area (Å²) >= 11 is 0. The van der Waals surface area contributed by atoms with Gasteiger partial charge in [-0.1, -0.05) is 32.0 Å². The number of hydrogen-bond acceptors (Lipinski definition) is 6. The molecule has 1 N–H and O–H groups in total. The van der Waals surface area contributed by atoms with Crippen LogP contribution in [0.2, 0.25) is 0 Å². The van der Waals surface area contributed by atoms with Gasteiger partial charge in [0.1, 0.15) is 19.0 Å². The van der Waals surface area contributed by atoms with Gasteiger partial charge in [-0.15, -0.1) is 0 Å². The van der Waals surface area contributed by atoms with Gasteiger partial charge in [0.2, 0.25) is 0 Å². The van der Waals surface area contributed by atoms with E-state index in [1.165, 1.54) is 0 Å². The van der Waals surface area contributed by atoms with Crippen molar-refractivity contribution in [3.8, 4) is 17.2 Å². The molecule has 1 atom stereocenters. The third-order valence-corrected chi connectivity index (χ3v) is 5.17. The standard InChI is InChI=1S/C24H29NO6/c1-15(2)24(18-8-9-20-21(12-18)29-11-10-28-20)25-22(26)13-31-23(27)14-30-19-7-5-6-16(3)17(19)4/h5-9,12,15,24H,10-11,13-14H2,1-4H3,(H,25,26)/t24-/m1/s1. The first-order chi connectivity index (χ1) is 14.8. The number of carbonyl (C=O) groups excluding carboxylic acids is 2. The van der Waals surface area contributed by atoms with E-state index in [9.17, 15) is 9.59 Å². The fourth-order valence-corrected chi connectivity index (χ4v) is 3.31. The van der Waals surface area contributed by atoms with E-state index >= 15 is 0 Å². The summed E-state index contributed by atoms with van der Waals surface area (Å²) in [6, 6.07) is 11.0. The summed E-state index contributed by atoms with van der Waals surface area (Å²) in [6.07, 6.45) is 0. The second kappa shape index (κ2) is 10.2. The molecule has 0 fully saturated rings. The number of nitrogens with one attached hydrogen (secondary N) is 1. The summed E-state index contributed by atoms with van der Waals surface area (Å²) in [7, 11) is 0. The Morgan fingerprint density at radius 2 is 1.77 bits per heavy atom. The number of carbonyl (C=O) groups is 2. The van der Waals surface area contributed by atoms with Crippen LogP contribution in [0, 0.1) is 19.8 Å². The highest BCUT2D eigenvalue weighted by atomic mass is 16.6. The molecule has 31 heavy (non-hydrogen) atoms. The minimum Gasteiger partial charge on any atom is -0.486 e. The maximum Gasteiger partial charge on any atom is 0.344 e. The minimum absolute atomic E-state index is 0.120. The summed E-state index contributed by atoms with van der Waals surface area (Å²) in [5, 5.41) is 2.93. The molecule has 2 aromatic rings. The Balaban J connectivity index is 1.52. The topological polar surface area (TPSA) is 83.1 Å². The van der Waals surface area contributed by atoms with E-state index in [4.69, 9.17) is 18.9 Å². The first kappa shape index (κ1) is 22.5. The monoisotopic (exact) mass is 427 g/mol. The number of aryl methyl sites for hydroxylation is 1. The molecule has 0 unspecified atom stereocenters. The molecule has 1 aliphatic rings. The quantitative estimate of drug-likeness (QED) is 0.649. The van der Waals surface area contributed by atoms with Crippen LogP contribution in [-0.4, -0.2) is 38.3 Å². The van der Waals surface area contributed by atoms with Crippen LogP contribution in [0.5, 0.6) is 17.2 Å². The van der Waals surface area contributed by atoms with E-state index < -0.39 is 5.97 Å². The fraction of sp³-hybridized carbons (Fsp3) is 0.417. The zero-order valence-corrected chi connectivity index (χ0v) is 18.4. The van der Waals surface area contributed by atoms with E-state index in [1.54, 1.807) is 6.07 Å². The van der Waals surface area contributed by atoms with E-state index in [0.717, 1.165) is 16.7 Å². The first-order valence-electron chi connectivity index (χ1n) is 10.4. The maximum absolute atomic E-state index is 12.4. The molecule has 0 spiro atoms. The number of benzene rings is 2. The predicted molar refractivity (Wildman–Crippen MR) is 116 cm³/mol. The average Bonchev–Trinajstić information content (AvgIpc) is 2.76. The van der Waals surface area contributed by atoms with Crippen molar-refractivity contribution < 1.29 is 28.5 Å². The van der Waals surface area contributed by atoms with Gasteiger partial charge in [-0.25, -0.2) is 4.79 Å². The van der Waals surface area contributed by atoms with Gasteiger partial charge >= 0.3 is 5.97 Å². The van der Waals surface area contributed by atoms with Crippen molar-refractivity contribution in [2.75, 3.05) is 26.4 Å². The molecule has 166 valence electrons. The third-order valence-electron chi connectivity index (χ3n) is 5.17. The average molecular weight is 427 g/mol. The van der Waals surface area contributed by atoms with Crippen LogP contribution in [0.3, 0.4) is 0 Å². The lowest BCUT2D eigenvalue weighted by Crippen LogP contribution is -2.35. The molecule has 3 rings (SSSR count). The Morgan fingerprint density at radius 1 is 1.03 bits per heavy atom. The number of amides is 1. The van der Waals surface area contributed by atoms with Gasteiger partial charge in [-0.2, -0.15) is 0 Å². The molecule has 0 radical (unpaired) electrons. The van der Waals surface area contributed by atoms with Gasteiger partial charge in [-0.05, 0) is 54.7 Å². The van der Waals surface area contributed by atoms with E-state index in [-0.39, 0.29) is 31.1 Å². The smallest absolute Gasteiger partial charge is 0.344 e. The van der Waals surface area contributed by atoms with Gasteiger partial charge in [0.05, 0.1) is 6.04 Å². The molecular formula is C24H29NO6. The largest absolute Gasteiger partial charge is 0.486 e. The Kier molecular flexibility index (Phi) is 7.39. The Bertz CT molecular complexity index is 940.